The molecular formula is C20H32ClIN4O2. The average Bonchev–Trinajstić information content (AvgIpc) is 3.29. The third-order valence-electron chi connectivity index (χ3n) is 5.42. The zero-order valence-electron chi connectivity index (χ0n) is 16.7. The van der Waals surface area contributed by atoms with Gasteiger partial charge < -0.3 is 25.4 Å². The number of guanidine groups is 1. The van der Waals surface area contributed by atoms with Crippen LogP contribution in [-0.2, 0) is 0 Å². The number of nitrogens with zero attached hydrogens (tertiary/aromatic N) is 2. The second-order valence-electron chi connectivity index (χ2n) is 7.52. The normalized spacial score (nSPS) is 21.4. The smallest absolute Gasteiger partial charge is 0.191 e. The Balaban J connectivity index is 0.00000280. The molecule has 6 nitrogen and oxygen atoms in total. The first kappa shape index (κ1) is 23.3. The quantitative estimate of drug-likeness (QED) is 0.304. The van der Waals surface area contributed by atoms with Crippen molar-refractivity contribution in [3.63, 3.8) is 0 Å². The van der Waals surface area contributed by atoms with Crippen LogP contribution in [0.2, 0.25) is 5.02 Å². The van der Waals surface area contributed by atoms with Gasteiger partial charge >= 0.3 is 0 Å². The van der Waals surface area contributed by atoms with E-state index in [2.05, 4.69) is 27.4 Å². The van der Waals surface area contributed by atoms with E-state index in [1.807, 2.05) is 18.2 Å². The molecule has 3 N–H and O–H groups in total. The fourth-order valence-electron chi connectivity index (χ4n) is 3.94. The van der Waals surface area contributed by atoms with Crippen LogP contribution in [-0.4, -0.2) is 56.0 Å². The fraction of sp³-hybridized carbons (Fsp3) is 0.650. The third kappa shape index (κ3) is 6.03. The lowest BCUT2D eigenvalue weighted by Crippen LogP contribution is -2.45. The fourth-order valence-corrected chi connectivity index (χ4v) is 4.10. The Morgan fingerprint density at radius 2 is 2.14 bits per heavy atom. The summed E-state index contributed by atoms with van der Waals surface area (Å²) in [5.74, 6) is 1.62. The van der Waals surface area contributed by atoms with Gasteiger partial charge in [-0.2, -0.15) is 0 Å². The Labute approximate surface area is 190 Å². The molecule has 1 aromatic rings. The topological polar surface area (TPSA) is 69.1 Å². The molecule has 0 bridgehead atoms. The highest BCUT2D eigenvalue weighted by molar-refractivity contribution is 14.0. The van der Waals surface area contributed by atoms with Crippen LogP contribution in [0, 0.1) is 0 Å². The summed E-state index contributed by atoms with van der Waals surface area (Å²) in [5, 5.41) is 18.1. The largest absolute Gasteiger partial charge is 0.495 e. The predicted molar refractivity (Wildman–Crippen MR) is 127 cm³/mol. The molecule has 158 valence electrons. The van der Waals surface area contributed by atoms with Gasteiger partial charge in [-0.15, -0.1) is 24.0 Å². The SMILES string of the molecule is CCNC(=NCC1(O)CCCC1)NC1CCN(c2cc(Cl)ccc2OC)C1.I. The van der Waals surface area contributed by atoms with E-state index in [4.69, 9.17) is 16.3 Å². The number of methoxy groups -OCH3 is 1. The number of hydrogen-bond donors (Lipinski definition) is 3. The lowest BCUT2D eigenvalue weighted by Gasteiger charge is -2.23. The lowest BCUT2D eigenvalue weighted by molar-refractivity contribution is 0.0574. The molecule has 8 heteroatoms. The number of anilines is 1. The maximum absolute atomic E-state index is 10.5. The lowest BCUT2D eigenvalue weighted by atomic mass is 10.0. The van der Waals surface area contributed by atoms with E-state index < -0.39 is 5.60 Å². The van der Waals surface area contributed by atoms with Crippen molar-refractivity contribution in [3.05, 3.63) is 23.2 Å². The molecule has 0 aromatic heterocycles. The summed E-state index contributed by atoms with van der Waals surface area (Å²) < 4.78 is 5.49. The molecule has 3 rings (SSSR count). The van der Waals surface area contributed by atoms with Gasteiger partial charge in [0, 0.05) is 30.7 Å². The van der Waals surface area contributed by atoms with Crippen LogP contribution in [0.5, 0.6) is 5.75 Å². The number of ether oxygens (including phenoxy) is 1. The molecule has 0 spiro atoms. The summed E-state index contributed by atoms with van der Waals surface area (Å²) in [7, 11) is 1.68. The van der Waals surface area contributed by atoms with Crippen LogP contribution < -0.4 is 20.3 Å². The molecule has 1 aliphatic carbocycles. The van der Waals surface area contributed by atoms with Crippen molar-refractivity contribution in [3.8, 4) is 5.75 Å². The Hall–Kier alpha value is -0.930. The summed E-state index contributed by atoms with van der Waals surface area (Å²) in [6, 6.07) is 5.99. The van der Waals surface area contributed by atoms with Crippen molar-refractivity contribution in [1.82, 2.24) is 10.6 Å². The molecule has 1 heterocycles. The summed E-state index contributed by atoms with van der Waals surface area (Å²) in [4.78, 5) is 6.94. The molecular weight excluding hydrogens is 491 g/mol. The number of nitrogens with one attached hydrogen (secondary N) is 2. The number of aliphatic imine (C=N–C) groups is 1. The van der Waals surface area contributed by atoms with Gasteiger partial charge in [0.1, 0.15) is 5.75 Å². The first-order valence-corrected chi connectivity index (χ1v) is 10.3. The number of halogens is 2. The number of hydrogen-bond acceptors (Lipinski definition) is 4. The Kier molecular flexibility index (Phi) is 8.95. The van der Waals surface area contributed by atoms with Gasteiger partial charge in [-0.05, 0) is 44.4 Å². The Bertz CT molecular complexity index is 668. The molecule has 1 aromatic carbocycles. The van der Waals surface area contributed by atoms with Crippen LogP contribution in [0.4, 0.5) is 5.69 Å². The monoisotopic (exact) mass is 522 g/mol. The summed E-state index contributed by atoms with van der Waals surface area (Å²) in [6.45, 7) is 5.09. The van der Waals surface area contributed by atoms with Crippen molar-refractivity contribution >= 4 is 47.2 Å². The third-order valence-corrected chi connectivity index (χ3v) is 5.66. The van der Waals surface area contributed by atoms with Gasteiger partial charge in [-0.3, -0.25) is 4.99 Å². The van der Waals surface area contributed by atoms with Gasteiger partial charge in [-0.1, -0.05) is 24.4 Å². The van der Waals surface area contributed by atoms with E-state index in [1.54, 1.807) is 7.11 Å². The van der Waals surface area contributed by atoms with E-state index in [9.17, 15) is 5.11 Å². The van der Waals surface area contributed by atoms with Gasteiger partial charge in [0.15, 0.2) is 5.96 Å². The molecule has 1 saturated heterocycles. The van der Waals surface area contributed by atoms with E-state index in [1.165, 1.54) is 0 Å². The van der Waals surface area contributed by atoms with E-state index in [0.717, 1.165) is 69.1 Å². The molecule has 1 atom stereocenters. The highest BCUT2D eigenvalue weighted by atomic mass is 127. The molecule has 1 unspecified atom stereocenters. The minimum Gasteiger partial charge on any atom is -0.495 e. The number of rotatable bonds is 6. The van der Waals surface area contributed by atoms with Crippen LogP contribution in [0.3, 0.4) is 0 Å². The second kappa shape index (κ2) is 10.7. The van der Waals surface area contributed by atoms with Crippen LogP contribution in [0.15, 0.2) is 23.2 Å². The van der Waals surface area contributed by atoms with Crippen LogP contribution >= 0.6 is 35.6 Å². The molecule has 2 fully saturated rings. The molecule has 1 aliphatic heterocycles. The zero-order chi connectivity index (χ0) is 19.3. The standard InChI is InChI=1S/C20H31ClN4O2.HI/c1-3-22-19(23-14-20(26)9-4-5-10-20)24-16-8-11-25(13-16)17-12-15(21)6-7-18(17)27-2;/h6-7,12,16,26H,3-5,8-11,13-14H2,1-2H3,(H2,22,23,24);1H. The van der Waals surface area contributed by atoms with Crippen molar-refractivity contribution < 1.29 is 9.84 Å². The summed E-state index contributed by atoms with van der Waals surface area (Å²) in [6.07, 6.45) is 4.89. The first-order valence-electron chi connectivity index (χ1n) is 9.89. The average molecular weight is 523 g/mol. The maximum Gasteiger partial charge on any atom is 0.191 e. The molecule has 1 saturated carbocycles. The van der Waals surface area contributed by atoms with Crippen molar-refractivity contribution in [2.45, 2.75) is 50.7 Å². The van der Waals surface area contributed by atoms with Gasteiger partial charge in [0.25, 0.3) is 0 Å². The summed E-state index contributed by atoms with van der Waals surface area (Å²) >= 11 is 6.18. The first-order chi connectivity index (χ1) is 13.0. The molecule has 0 radical (unpaired) electrons. The number of aliphatic hydroxyl groups is 1. The maximum atomic E-state index is 10.5. The Morgan fingerprint density at radius 1 is 1.39 bits per heavy atom. The van der Waals surface area contributed by atoms with E-state index in [0.29, 0.717) is 11.6 Å². The van der Waals surface area contributed by atoms with Crippen molar-refractivity contribution in [2.75, 3.05) is 38.2 Å². The predicted octanol–water partition coefficient (Wildman–Crippen LogP) is 3.41. The van der Waals surface area contributed by atoms with Gasteiger partial charge in [0.2, 0.25) is 0 Å². The highest BCUT2D eigenvalue weighted by Gasteiger charge is 2.31. The zero-order valence-corrected chi connectivity index (χ0v) is 19.8. The van der Waals surface area contributed by atoms with Gasteiger partial charge in [-0.25, -0.2) is 0 Å². The van der Waals surface area contributed by atoms with Gasteiger partial charge in [0.05, 0.1) is 24.9 Å². The van der Waals surface area contributed by atoms with Crippen molar-refractivity contribution in [2.24, 2.45) is 4.99 Å². The minimum atomic E-state index is -0.627. The van der Waals surface area contributed by atoms with E-state index >= 15 is 0 Å². The minimum absolute atomic E-state index is 0. The highest BCUT2D eigenvalue weighted by Crippen LogP contribution is 2.33. The summed E-state index contributed by atoms with van der Waals surface area (Å²) in [5.41, 5.74) is 0.398. The second-order valence-corrected chi connectivity index (χ2v) is 7.96. The molecule has 2 aliphatic rings. The number of benzene rings is 1. The van der Waals surface area contributed by atoms with E-state index in [-0.39, 0.29) is 30.0 Å². The van der Waals surface area contributed by atoms with Crippen LogP contribution in [0.25, 0.3) is 0 Å². The van der Waals surface area contributed by atoms with Crippen LogP contribution in [0.1, 0.15) is 39.0 Å². The molecule has 28 heavy (non-hydrogen) atoms. The van der Waals surface area contributed by atoms with Crippen molar-refractivity contribution in [1.29, 1.82) is 0 Å². The Morgan fingerprint density at radius 3 is 2.82 bits per heavy atom. The molecule has 0 amide bonds.